The highest BCUT2D eigenvalue weighted by atomic mass is 16.1. The molecule has 2 aliphatic rings. The monoisotopic (exact) mass is 349 g/mol. The number of benzene rings is 1. The van der Waals surface area contributed by atoms with Crippen LogP contribution in [0.15, 0.2) is 42.5 Å². The Hall–Kier alpha value is -2.20. The minimum atomic E-state index is 0.00110. The number of hydrogen-bond donors (Lipinski definition) is 1. The summed E-state index contributed by atoms with van der Waals surface area (Å²) in [6.45, 7) is 5.08. The van der Waals surface area contributed by atoms with Crippen LogP contribution in [0.25, 0.3) is 0 Å². The van der Waals surface area contributed by atoms with Crippen LogP contribution >= 0.6 is 0 Å². The van der Waals surface area contributed by atoms with Crippen LogP contribution in [0.4, 0.5) is 0 Å². The predicted molar refractivity (Wildman–Crippen MR) is 103 cm³/mol. The molecule has 0 saturated carbocycles. The fourth-order valence-corrected chi connectivity index (χ4v) is 4.83. The molecule has 136 valence electrons. The number of amides is 1. The lowest BCUT2D eigenvalue weighted by molar-refractivity contribution is -0.122. The second-order valence-corrected chi connectivity index (χ2v) is 7.78. The molecule has 1 aromatic heterocycles. The number of hydrogen-bond acceptors (Lipinski definition) is 3. The SMILES string of the molecule is CNC(=O)C1CC2(CCN(Cc3cccc(C)n3)CC2)c2ccccc21. The van der Waals surface area contributed by atoms with Crippen LogP contribution in [0.1, 0.15) is 47.7 Å². The van der Waals surface area contributed by atoms with Crippen molar-refractivity contribution >= 4 is 5.91 Å². The van der Waals surface area contributed by atoms with E-state index in [0.717, 1.165) is 50.3 Å². The van der Waals surface area contributed by atoms with Crippen LogP contribution in [0, 0.1) is 6.92 Å². The van der Waals surface area contributed by atoms with Gasteiger partial charge in [0, 0.05) is 19.3 Å². The third-order valence-corrected chi connectivity index (χ3v) is 6.21. The summed E-state index contributed by atoms with van der Waals surface area (Å²) in [4.78, 5) is 19.6. The summed E-state index contributed by atoms with van der Waals surface area (Å²) in [5.74, 6) is 0.155. The van der Waals surface area contributed by atoms with Crippen molar-refractivity contribution in [1.29, 1.82) is 0 Å². The molecule has 2 aromatic rings. The van der Waals surface area contributed by atoms with Gasteiger partial charge in [-0.1, -0.05) is 30.3 Å². The van der Waals surface area contributed by atoms with Gasteiger partial charge in [0.2, 0.25) is 5.91 Å². The molecule has 1 unspecified atom stereocenters. The van der Waals surface area contributed by atoms with Crippen LogP contribution in [-0.4, -0.2) is 35.9 Å². The van der Waals surface area contributed by atoms with Gasteiger partial charge < -0.3 is 5.32 Å². The molecule has 1 saturated heterocycles. The van der Waals surface area contributed by atoms with Crippen LogP contribution in [0.2, 0.25) is 0 Å². The number of piperidine rings is 1. The molecule has 1 fully saturated rings. The first-order valence-electron chi connectivity index (χ1n) is 9.57. The Balaban J connectivity index is 1.50. The van der Waals surface area contributed by atoms with Crippen LogP contribution in [-0.2, 0) is 16.8 Å². The zero-order valence-electron chi connectivity index (χ0n) is 15.7. The number of aromatic nitrogens is 1. The van der Waals surface area contributed by atoms with Crippen molar-refractivity contribution in [2.75, 3.05) is 20.1 Å². The van der Waals surface area contributed by atoms with Crippen LogP contribution in [0.5, 0.6) is 0 Å². The van der Waals surface area contributed by atoms with E-state index in [2.05, 4.69) is 51.6 Å². The van der Waals surface area contributed by atoms with Gasteiger partial charge in [-0.2, -0.15) is 0 Å². The Bertz CT molecular complexity index is 809. The quantitative estimate of drug-likeness (QED) is 0.926. The van der Waals surface area contributed by atoms with E-state index in [1.807, 2.05) is 13.0 Å². The van der Waals surface area contributed by atoms with E-state index in [4.69, 9.17) is 0 Å². The largest absolute Gasteiger partial charge is 0.359 e. The number of likely N-dealkylation sites (N-methyl/N-ethyl adjacent to an activating group) is 1. The first-order valence-corrected chi connectivity index (χ1v) is 9.57. The lowest BCUT2D eigenvalue weighted by Crippen LogP contribution is -2.41. The Morgan fingerprint density at radius 3 is 2.69 bits per heavy atom. The highest BCUT2D eigenvalue weighted by Crippen LogP contribution is 2.51. The number of carbonyl (C=O) groups excluding carboxylic acids is 1. The minimum Gasteiger partial charge on any atom is -0.359 e. The summed E-state index contributed by atoms with van der Waals surface area (Å²) < 4.78 is 0. The third kappa shape index (κ3) is 3.03. The van der Waals surface area contributed by atoms with Gasteiger partial charge in [-0.3, -0.25) is 14.7 Å². The van der Waals surface area contributed by atoms with E-state index in [0.29, 0.717) is 0 Å². The van der Waals surface area contributed by atoms with Gasteiger partial charge in [-0.15, -0.1) is 0 Å². The summed E-state index contributed by atoms with van der Waals surface area (Å²) in [5.41, 5.74) is 5.03. The highest BCUT2D eigenvalue weighted by molar-refractivity contribution is 5.85. The highest BCUT2D eigenvalue weighted by Gasteiger charge is 2.47. The number of nitrogens with one attached hydrogen (secondary N) is 1. The van der Waals surface area contributed by atoms with Gasteiger partial charge >= 0.3 is 0 Å². The van der Waals surface area contributed by atoms with Crippen molar-refractivity contribution in [3.8, 4) is 0 Å². The molecule has 4 heteroatoms. The Morgan fingerprint density at radius 2 is 1.96 bits per heavy atom. The van der Waals surface area contributed by atoms with Gasteiger partial charge in [0.05, 0.1) is 11.6 Å². The first kappa shape index (κ1) is 17.2. The smallest absolute Gasteiger partial charge is 0.227 e. The Kier molecular flexibility index (Phi) is 4.53. The Morgan fingerprint density at radius 1 is 1.19 bits per heavy atom. The van der Waals surface area contributed by atoms with E-state index in [9.17, 15) is 4.79 Å². The molecule has 1 aromatic carbocycles. The molecule has 1 aliphatic heterocycles. The summed E-state index contributed by atoms with van der Waals surface area (Å²) in [6, 6.07) is 14.8. The lowest BCUT2D eigenvalue weighted by atomic mass is 9.73. The minimum absolute atomic E-state index is 0.00110. The number of fused-ring (bicyclic) bond motifs is 2. The number of pyridine rings is 1. The second kappa shape index (κ2) is 6.84. The van der Waals surface area contributed by atoms with Crippen molar-refractivity contribution in [2.24, 2.45) is 0 Å². The lowest BCUT2D eigenvalue weighted by Gasteiger charge is -2.40. The number of aryl methyl sites for hydroxylation is 1. The Labute approximate surface area is 155 Å². The average molecular weight is 349 g/mol. The van der Waals surface area contributed by atoms with E-state index in [-0.39, 0.29) is 17.2 Å². The third-order valence-electron chi connectivity index (χ3n) is 6.21. The standard InChI is InChI=1S/C22H27N3O/c1-16-6-5-7-17(24-16)15-25-12-10-22(11-13-25)14-19(21(26)23-2)18-8-3-4-9-20(18)22/h3-9,19H,10-15H2,1-2H3,(H,23,26). The molecular formula is C22H27N3O. The van der Waals surface area contributed by atoms with Gasteiger partial charge in [0.1, 0.15) is 0 Å². The summed E-state index contributed by atoms with van der Waals surface area (Å²) >= 11 is 0. The van der Waals surface area contributed by atoms with Crippen molar-refractivity contribution in [2.45, 2.75) is 44.1 Å². The summed E-state index contributed by atoms with van der Waals surface area (Å²) in [7, 11) is 1.74. The first-order chi connectivity index (χ1) is 12.6. The van der Waals surface area contributed by atoms with Crippen molar-refractivity contribution < 1.29 is 4.79 Å². The molecule has 2 heterocycles. The average Bonchev–Trinajstić information content (AvgIpc) is 2.98. The van der Waals surface area contributed by atoms with E-state index >= 15 is 0 Å². The van der Waals surface area contributed by atoms with Crippen LogP contribution < -0.4 is 5.32 Å². The maximum Gasteiger partial charge on any atom is 0.227 e. The molecular weight excluding hydrogens is 322 g/mol. The maximum atomic E-state index is 12.4. The molecule has 1 aliphatic carbocycles. The molecule has 1 spiro atoms. The number of nitrogens with zero attached hydrogens (tertiary/aromatic N) is 2. The fraction of sp³-hybridized carbons (Fsp3) is 0.455. The second-order valence-electron chi connectivity index (χ2n) is 7.78. The fourth-order valence-electron chi connectivity index (χ4n) is 4.83. The normalized spacial score (nSPS) is 21.5. The van der Waals surface area contributed by atoms with Crippen molar-refractivity contribution in [3.63, 3.8) is 0 Å². The van der Waals surface area contributed by atoms with Gasteiger partial charge in [0.25, 0.3) is 0 Å². The molecule has 0 radical (unpaired) electrons. The zero-order chi connectivity index (χ0) is 18.1. The predicted octanol–water partition coefficient (Wildman–Crippen LogP) is 3.16. The van der Waals surface area contributed by atoms with Gasteiger partial charge in [-0.25, -0.2) is 0 Å². The van der Waals surface area contributed by atoms with E-state index in [1.165, 1.54) is 11.1 Å². The topological polar surface area (TPSA) is 45.2 Å². The molecule has 4 nitrogen and oxygen atoms in total. The molecule has 4 rings (SSSR count). The molecule has 1 atom stereocenters. The zero-order valence-corrected chi connectivity index (χ0v) is 15.7. The van der Waals surface area contributed by atoms with E-state index in [1.54, 1.807) is 7.05 Å². The molecule has 0 bridgehead atoms. The van der Waals surface area contributed by atoms with Crippen molar-refractivity contribution in [1.82, 2.24) is 15.2 Å². The summed E-state index contributed by atoms with van der Waals surface area (Å²) in [5, 5.41) is 2.86. The van der Waals surface area contributed by atoms with E-state index < -0.39 is 0 Å². The van der Waals surface area contributed by atoms with Crippen molar-refractivity contribution in [3.05, 3.63) is 65.0 Å². The number of rotatable bonds is 3. The molecule has 1 amide bonds. The number of carbonyl (C=O) groups is 1. The maximum absolute atomic E-state index is 12.4. The molecule has 1 N–H and O–H groups in total. The van der Waals surface area contributed by atoms with Crippen LogP contribution in [0.3, 0.4) is 0 Å². The summed E-state index contributed by atoms with van der Waals surface area (Å²) in [6.07, 6.45) is 3.18. The van der Waals surface area contributed by atoms with Gasteiger partial charge in [0.15, 0.2) is 0 Å². The molecule has 26 heavy (non-hydrogen) atoms. The number of likely N-dealkylation sites (tertiary alicyclic amines) is 1. The van der Waals surface area contributed by atoms with Gasteiger partial charge in [-0.05, 0) is 68.0 Å².